The number of carbonyl (C=O) groups excluding carboxylic acids is 2. The summed E-state index contributed by atoms with van der Waals surface area (Å²) >= 11 is 1.55. The highest BCUT2D eigenvalue weighted by Crippen LogP contribution is 2.30. The van der Waals surface area contributed by atoms with Crippen LogP contribution in [0, 0.1) is 13.8 Å². The average molecular weight is 346 g/mol. The van der Waals surface area contributed by atoms with E-state index in [0.717, 1.165) is 16.2 Å². The number of thiophene rings is 1. The Kier molecular flexibility index (Phi) is 4.85. The molecule has 1 aromatic carbocycles. The molecule has 0 fully saturated rings. The summed E-state index contributed by atoms with van der Waals surface area (Å²) in [6, 6.07) is 6.71. The molecule has 24 heavy (non-hydrogen) atoms. The van der Waals surface area contributed by atoms with Gasteiger partial charge in [-0.1, -0.05) is 0 Å². The first-order chi connectivity index (χ1) is 11.5. The topological polar surface area (TPSA) is 61.8 Å². The number of ketones is 1. The molecule has 0 amide bonds. The van der Waals surface area contributed by atoms with E-state index in [1.807, 2.05) is 19.9 Å². The van der Waals surface area contributed by atoms with E-state index in [2.05, 4.69) is 0 Å². The SMILES string of the molecule is Cc1cc(C(=O)COC(=O)c2ccc3c(c2)OCCCO3)c(C)s1. The Morgan fingerprint density at radius 1 is 1.12 bits per heavy atom. The fourth-order valence-electron chi connectivity index (χ4n) is 2.49. The number of fused-ring (bicyclic) bond motifs is 1. The van der Waals surface area contributed by atoms with Crippen molar-refractivity contribution < 1.29 is 23.8 Å². The summed E-state index contributed by atoms with van der Waals surface area (Å²) in [4.78, 5) is 26.3. The molecule has 0 N–H and O–H groups in total. The molecule has 0 unspecified atom stereocenters. The van der Waals surface area contributed by atoms with Crippen LogP contribution in [-0.2, 0) is 4.74 Å². The van der Waals surface area contributed by atoms with Gasteiger partial charge in [-0.25, -0.2) is 4.79 Å². The molecule has 0 atom stereocenters. The van der Waals surface area contributed by atoms with Gasteiger partial charge in [-0.2, -0.15) is 0 Å². The summed E-state index contributed by atoms with van der Waals surface area (Å²) in [5.74, 6) is 0.394. The molecule has 126 valence electrons. The molecule has 0 radical (unpaired) electrons. The highest BCUT2D eigenvalue weighted by molar-refractivity contribution is 7.12. The monoisotopic (exact) mass is 346 g/mol. The summed E-state index contributed by atoms with van der Waals surface area (Å²) in [7, 11) is 0. The van der Waals surface area contributed by atoms with Crippen LogP contribution >= 0.6 is 11.3 Å². The van der Waals surface area contributed by atoms with E-state index in [1.54, 1.807) is 29.5 Å². The van der Waals surface area contributed by atoms with Gasteiger partial charge in [0.15, 0.2) is 18.1 Å². The molecule has 0 spiro atoms. The first-order valence-electron chi connectivity index (χ1n) is 7.71. The smallest absolute Gasteiger partial charge is 0.338 e. The van der Waals surface area contributed by atoms with Crippen molar-refractivity contribution in [2.75, 3.05) is 19.8 Å². The summed E-state index contributed by atoms with van der Waals surface area (Å²) in [6.07, 6.45) is 0.794. The van der Waals surface area contributed by atoms with Crippen LogP contribution < -0.4 is 9.47 Å². The van der Waals surface area contributed by atoms with Crippen molar-refractivity contribution in [1.29, 1.82) is 0 Å². The largest absolute Gasteiger partial charge is 0.490 e. The predicted molar refractivity (Wildman–Crippen MR) is 90.5 cm³/mol. The van der Waals surface area contributed by atoms with Crippen LogP contribution in [0.15, 0.2) is 24.3 Å². The Balaban J connectivity index is 1.66. The van der Waals surface area contributed by atoms with E-state index in [0.29, 0.717) is 35.8 Å². The van der Waals surface area contributed by atoms with Crippen LogP contribution in [0.25, 0.3) is 0 Å². The Hall–Kier alpha value is -2.34. The molecule has 1 aromatic heterocycles. The van der Waals surface area contributed by atoms with E-state index < -0.39 is 5.97 Å². The van der Waals surface area contributed by atoms with E-state index in [9.17, 15) is 9.59 Å². The zero-order valence-electron chi connectivity index (χ0n) is 13.6. The molecule has 3 rings (SSSR count). The maximum Gasteiger partial charge on any atom is 0.338 e. The zero-order valence-corrected chi connectivity index (χ0v) is 14.4. The van der Waals surface area contributed by atoms with Gasteiger partial charge in [-0.3, -0.25) is 4.79 Å². The lowest BCUT2D eigenvalue weighted by Crippen LogP contribution is -2.14. The highest BCUT2D eigenvalue weighted by Gasteiger charge is 2.18. The average Bonchev–Trinajstić information content (AvgIpc) is 2.77. The third kappa shape index (κ3) is 3.59. The maximum absolute atomic E-state index is 12.2. The molecular formula is C18H18O5S. The quantitative estimate of drug-likeness (QED) is 0.626. The lowest BCUT2D eigenvalue weighted by molar-refractivity contribution is 0.0474. The number of esters is 1. The standard InChI is InChI=1S/C18H18O5S/c1-11-8-14(12(2)24-11)15(19)10-23-18(20)13-4-5-16-17(9-13)22-7-3-6-21-16/h4-5,8-9H,3,6-7,10H2,1-2H3. The third-order valence-electron chi connectivity index (χ3n) is 3.66. The number of ether oxygens (including phenoxy) is 3. The number of Topliss-reactive ketones (excluding diaryl/α,β-unsaturated/α-hetero) is 1. The number of rotatable bonds is 4. The number of benzene rings is 1. The second kappa shape index (κ2) is 7.05. The number of hydrogen-bond donors (Lipinski definition) is 0. The molecule has 5 nitrogen and oxygen atoms in total. The van der Waals surface area contributed by atoms with Crippen LogP contribution in [0.5, 0.6) is 11.5 Å². The second-order valence-corrected chi connectivity index (χ2v) is 7.00. The van der Waals surface area contributed by atoms with Crippen molar-refractivity contribution in [2.45, 2.75) is 20.3 Å². The van der Waals surface area contributed by atoms with E-state index in [1.165, 1.54) is 0 Å². The summed E-state index contributed by atoms with van der Waals surface area (Å²) in [5.41, 5.74) is 0.953. The summed E-state index contributed by atoms with van der Waals surface area (Å²) < 4.78 is 16.2. The van der Waals surface area contributed by atoms with Gasteiger partial charge in [-0.15, -0.1) is 11.3 Å². The molecule has 2 aromatic rings. The number of carbonyl (C=O) groups is 2. The van der Waals surface area contributed by atoms with E-state index >= 15 is 0 Å². The fourth-order valence-corrected chi connectivity index (χ4v) is 3.43. The number of aryl methyl sites for hydroxylation is 2. The normalized spacial score (nSPS) is 13.2. The van der Waals surface area contributed by atoms with Gasteiger partial charge in [0, 0.05) is 21.7 Å². The van der Waals surface area contributed by atoms with Crippen molar-refractivity contribution >= 4 is 23.1 Å². The van der Waals surface area contributed by atoms with Crippen LogP contribution in [-0.4, -0.2) is 31.6 Å². The van der Waals surface area contributed by atoms with Crippen LogP contribution in [0.1, 0.15) is 36.9 Å². The zero-order chi connectivity index (χ0) is 17.1. The van der Waals surface area contributed by atoms with Crippen LogP contribution in [0.3, 0.4) is 0 Å². The Morgan fingerprint density at radius 3 is 2.58 bits per heavy atom. The van der Waals surface area contributed by atoms with Gasteiger partial charge in [0.1, 0.15) is 0 Å². The first kappa shape index (κ1) is 16.5. The van der Waals surface area contributed by atoms with E-state index in [-0.39, 0.29) is 12.4 Å². The molecule has 0 aliphatic carbocycles. The van der Waals surface area contributed by atoms with Crippen molar-refractivity contribution in [3.63, 3.8) is 0 Å². The van der Waals surface area contributed by atoms with Crippen molar-refractivity contribution in [3.05, 3.63) is 45.1 Å². The number of hydrogen-bond acceptors (Lipinski definition) is 6. The van der Waals surface area contributed by atoms with Gasteiger partial charge in [-0.05, 0) is 38.1 Å². The molecule has 0 bridgehead atoms. The molecule has 1 aliphatic rings. The van der Waals surface area contributed by atoms with E-state index in [4.69, 9.17) is 14.2 Å². The van der Waals surface area contributed by atoms with Crippen molar-refractivity contribution in [2.24, 2.45) is 0 Å². The predicted octanol–water partition coefficient (Wildman–Crippen LogP) is 3.57. The Morgan fingerprint density at radius 2 is 1.88 bits per heavy atom. The minimum Gasteiger partial charge on any atom is -0.490 e. The molecule has 2 heterocycles. The van der Waals surface area contributed by atoms with Crippen molar-refractivity contribution in [3.8, 4) is 11.5 Å². The molecule has 0 saturated heterocycles. The first-order valence-corrected chi connectivity index (χ1v) is 8.53. The Bertz CT molecular complexity index is 778. The van der Waals surface area contributed by atoms with Gasteiger partial charge < -0.3 is 14.2 Å². The summed E-state index contributed by atoms with van der Waals surface area (Å²) in [5, 5.41) is 0. The molecule has 6 heteroatoms. The maximum atomic E-state index is 12.2. The lowest BCUT2D eigenvalue weighted by Gasteiger charge is -2.09. The highest BCUT2D eigenvalue weighted by atomic mass is 32.1. The Labute approximate surface area is 144 Å². The summed E-state index contributed by atoms with van der Waals surface area (Å²) in [6.45, 7) is 4.69. The van der Waals surface area contributed by atoms with Crippen LogP contribution in [0.4, 0.5) is 0 Å². The molecular weight excluding hydrogens is 328 g/mol. The van der Waals surface area contributed by atoms with Crippen LogP contribution in [0.2, 0.25) is 0 Å². The second-order valence-electron chi connectivity index (χ2n) is 5.54. The third-order valence-corrected chi connectivity index (χ3v) is 4.62. The van der Waals surface area contributed by atoms with Gasteiger partial charge >= 0.3 is 5.97 Å². The molecule has 0 saturated carbocycles. The minimum absolute atomic E-state index is 0.195. The van der Waals surface area contributed by atoms with Gasteiger partial charge in [0.05, 0.1) is 18.8 Å². The minimum atomic E-state index is -0.552. The van der Waals surface area contributed by atoms with Crippen molar-refractivity contribution in [1.82, 2.24) is 0 Å². The van der Waals surface area contributed by atoms with Gasteiger partial charge in [0.2, 0.25) is 5.78 Å². The lowest BCUT2D eigenvalue weighted by atomic mass is 10.1. The molecule has 1 aliphatic heterocycles. The fraction of sp³-hybridized carbons (Fsp3) is 0.333. The van der Waals surface area contributed by atoms with Gasteiger partial charge in [0.25, 0.3) is 0 Å².